The van der Waals surface area contributed by atoms with Gasteiger partial charge in [0.15, 0.2) is 0 Å². The molecule has 2 aromatic rings. The average Bonchev–Trinajstić information content (AvgIpc) is 2.82. The number of aromatic nitrogens is 2. The second-order valence-corrected chi connectivity index (χ2v) is 7.37. The fraction of sp³-hybridized carbons (Fsp3) is 0.625. The zero-order valence-corrected chi connectivity index (χ0v) is 14.5. The second kappa shape index (κ2) is 6.19. The van der Waals surface area contributed by atoms with Crippen LogP contribution in [0.15, 0.2) is 0 Å². The maximum Gasteiger partial charge on any atom is 0.145 e. The van der Waals surface area contributed by atoms with E-state index in [1.165, 1.54) is 16.9 Å². The van der Waals surface area contributed by atoms with E-state index in [0.29, 0.717) is 5.15 Å². The predicted molar refractivity (Wildman–Crippen MR) is 90.2 cm³/mol. The van der Waals surface area contributed by atoms with Gasteiger partial charge in [-0.2, -0.15) is 0 Å². The minimum absolute atomic E-state index is 0.647. The van der Waals surface area contributed by atoms with E-state index in [2.05, 4.69) is 30.7 Å². The maximum absolute atomic E-state index is 6.48. The average molecular weight is 324 g/mol. The molecule has 2 heterocycles. The number of fused-ring (bicyclic) bond motifs is 3. The lowest BCUT2D eigenvalue weighted by atomic mass is 9.89. The first kappa shape index (κ1) is 15.2. The lowest BCUT2D eigenvalue weighted by Crippen LogP contribution is -2.23. The summed E-state index contributed by atoms with van der Waals surface area (Å²) < 4.78 is 0. The van der Waals surface area contributed by atoms with Gasteiger partial charge in [0.1, 0.15) is 15.8 Å². The van der Waals surface area contributed by atoms with Gasteiger partial charge >= 0.3 is 0 Å². The lowest BCUT2D eigenvalue weighted by molar-refractivity contribution is 0.288. The Morgan fingerprint density at radius 1 is 1.29 bits per heavy atom. The molecule has 0 N–H and O–H groups in total. The SMILES string of the molecule is CCN(CC)Cc1nc(Cl)c2c3c(sc2n1)CC(C)CC3. The Bertz CT molecular complexity index is 648. The van der Waals surface area contributed by atoms with E-state index in [1.54, 1.807) is 0 Å². The first-order valence-electron chi connectivity index (χ1n) is 7.81. The number of hydrogen-bond donors (Lipinski definition) is 0. The third-order valence-corrected chi connectivity index (χ3v) is 5.84. The smallest absolute Gasteiger partial charge is 0.145 e. The Morgan fingerprint density at radius 3 is 2.76 bits per heavy atom. The first-order valence-corrected chi connectivity index (χ1v) is 9.00. The molecule has 114 valence electrons. The van der Waals surface area contributed by atoms with Crippen LogP contribution in [0.5, 0.6) is 0 Å². The van der Waals surface area contributed by atoms with Gasteiger partial charge in [-0.1, -0.05) is 32.4 Å². The summed E-state index contributed by atoms with van der Waals surface area (Å²) in [4.78, 5) is 14.2. The van der Waals surface area contributed by atoms with E-state index >= 15 is 0 Å². The van der Waals surface area contributed by atoms with Crippen molar-refractivity contribution in [3.8, 4) is 0 Å². The van der Waals surface area contributed by atoms with E-state index in [9.17, 15) is 0 Å². The molecular weight excluding hydrogens is 302 g/mol. The number of nitrogens with zero attached hydrogens (tertiary/aromatic N) is 3. The van der Waals surface area contributed by atoms with Crippen molar-refractivity contribution in [1.29, 1.82) is 0 Å². The summed E-state index contributed by atoms with van der Waals surface area (Å²) in [6, 6.07) is 0. The van der Waals surface area contributed by atoms with Gasteiger partial charge in [0.05, 0.1) is 11.9 Å². The van der Waals surface area contributed by atoms with Crippen LogP contribution in [0.2, 0.25) is 5.15 Å². The molecule has 0 saturated heterocycles. The Morgan fingerprint density at radius 2 is 2.05 bits per heavy atom. The van der Waals surface area contributed by atoms with Crippen molar-refractivity contribution >= 4 is 33.2 Å². The summed E-state index contributed by atoms with van der Waals surface area (Å²) in [5, 5.41) is 1.76. The summed E-state index contributed by atoms with van der Waals surface area (Å²) in [5.74, 6) is 1.62. The molecule has 2 aromatic heterocycles. The van der Waals surface area contributed by atoms with E-state index < -0.39 is 0 Å². The van der Waals surface area contributed by atoms with E-state index in [4.69, 9.17) is 16.6 Å². The molecule has 0 radical (unpaired) electrons. The minimum Gasteiger partial charge on any atom is -0.296 e. The number of thiophene rings is 1. The van der Waals surface area contributed by atoms with Crippen molar-refractivity contribution in [1.82, 2.24) is 14.9 Å². The first-order chi connectivity index (χ1) is 10.1. The van der Waals surface area contributed by atoms with Crippen molar-refractivity contribution in [3.63, 3.8) is 0 Å². The standard InChI is InChI=1S/C16H22ClN3S/c1-4-20(5-2)9-13-18-15(17)14-11-7-6-10(3)8-12(11)21-16(14)19-13/h10H,4-9H2,1-3H3. The Labute approximate surface area is 135 Å². The highest BCUT2D eigenvalue weighted by molar-refractivity contribution is 7.19. The second-order valence-electron chi connectivity index (χ2n) is 5.92. The van der Waals surface area contributed by atoms with E-state index in [-0.39, 0.29) is 0 Å². The summed E-state index contributed by atoms with van der Waals surface area (Å²) in [6.07, 6.45) is 3.53. The van der Waals surface area contributed by atoms with Gasteiger partial charge in [-0.3, -0.25) is 4.90 Å². The van der Waals surface area contributed by atoms with Gasteiger partial charge in [-0.25, -0.2) is 9.97 Å². The van der Waals surface area contributed by atoms with Gasteiger partial charge in [-0.15, -0.1) is 11.3 Å². The quantitative estimate of drug-likeness (QED) is 0.785. The van der Waals surface area contributed by atoms with Gasteiger partial charge in [0, 0.05) is 4.88 Å². The van der Waals surface area contributed by atoms with Crippen molar-refractivity contribution in [2.24, 2.45) is 5.92 Å². The predicted octanol–water partition coefficient (Wildman–Crippen LogP) is 4.31. The zero-order valence-electron chi connectivity index (χ0n) is 12.9. The molecular formula is C16H22ClN3S. The van der Waals surface area contributed by atoms with E-state index in [1.807, 2.05) is 11.3 Å². The van der Waals surface area contributed by atoms with Crippen molar-refractivity contribution < 1.29 is 0 Å². The number of halogens is 1. The summed E-state index contributed by atoms with van der Waals surface area (Å²) in [5.41, 5.74) is 1.41. The van der Waals surface area contributed by atoms with Crippen molar-refractivity contribution in [3.05, 3.63) is 21.4 Å². The molecule has 5 heteroatoms. The minimum atomic E-state index is 0.647. The number of hydrogen-bond acceptors (Lipinski definition) is 4. The third-order valence-electron chi connectivity index (χ3n) is 4.42. The Hall–Kier alpha value is -0.710. The third kappa shape index (κ3) is 2.94. The van der Waals surface area contributed by atoms with E-state index in [0.717, 1.165) is 54.4 Å². The monoisotopic (exact) mass is 323 g/mol. The molecule has 0 saturated carbocycles. The van der Waals surface area contributed by atoms with Crippen LogP contribution in [0.4, 0.5) is 0 Å². The molecule has 0 aliphatic heterocycles. The van der Waals surface area contributed by atoms with Crippen LogP contribution in [0.1, 0.15) is 43.5 Å². The normalized spacial score (nSPS) is 18.4. The highest BCUT2D eigenvalue weighted by Crippen LogP contribution is 2.39. The van der Waals surface area contributed by atoms with Crippen LogP contribution >= 0.6 is 22.9 Å². The van der Waals surface area contributed by atoms with Crippen LogP contribution in [-0.4, -0.2) is 28.0 Å². The molecule has 3 rings (SSSR count). The van der Waals surface area contributed by atoms with Gasteiger partial charge < -0.3 is 0 Å². The molecule has 3 nitrogen and oxygen atoms in total. The summed E-state index contributed by atoms with van der Waals surface area (Å²) in [7, 11) is 0. The van der Waals surface area contributed by atoms with Crippen molar-refractivity contribution in [2.45, 2.75) is 46.6 Å². The Balaban J connectivity index is 2.00. The molecule has 1 aliphatic rings. The van der Waals surface area contributed by atoms with Crippen LogP contribution in [0.25, 0.3) is 10.2 Å². The number of aryl methyl sites for hydroxylation is 1. The molecule has 21 heavy (non-hydrogen) atoms. The topological polar surface area (TPSA) is 29.0 Å². The largest absolute Gasteiger partial charge is 0.296 e. The molecule has 0 aromatic carbocycles. The lowest BCUT2D eigenvalue weighted by Gasteiger charge is -2.18. The van der Waals surface area contributed by atoms with Crippen LogP contribution in [-0.2, 0) is 19.4 Å². The van der Waals surface area contributed by atoms with Gasteiger partial charge in [-0.05, 0) is 43.8 Å². The fourth-order valence-electron chi connectivity index (χ4n) is 3.06. The zero-order chi connectivity index (χ0) is 15.0. The summed E-state index contributed by atoms with van der Waals surface area (Å²) >= 11 is 8.30. The highest BCUT2D eigenvalue weighted by Gasteiger charge is 2.23. The van der Waals surface area contributed by atoms with Crippen LogP contribution < -0.4 is 0 Å². The highest BCUT2D eigenvalue weighted by atomic mass is 35.5. The molecule has 1 aliphatic carbocycles. The molecule has 0 spiro atoms. The van der Waals surface area contributed by atoms with Gasteiger partial charge in [0.25, 0.3) is 0 Å². The molecule has 0 amide bonds. The van der Waals surface area contributed by atoms with Crippen molar-refractivity contribution in [2.75, 3.05) is 13.1 Å². The molecule has 1 atom stereocenters. The van der Waals surface area contributed by atoms with Crippen LogP contribution in [0.3, 0.4) is 0 Å². The molecule has 0 bridgehead atoms. The molecule has 0 fully saturated rings. The van der Waals surface area contributed by atoms with Crippen LogP contribution in [0, 0.1) is 5.92 Å². The van der Waals surface area contributed by atoms with Gasteiger partial charge in [0.2, 0.25) is 0 Å². The fourth-order valence-corrected chi connectivity index (χ4v) is 4.82. The Kier molecular flexibility index (Phi) is 4.48. The summed E-state index contributed by atoms with van der Waals surface area (Å²) in [6.45, 7) is 9.44. The maximum atomic E-state index is 6.48. The molecule has 1 unspecified atom stereocenters. The number of rotatable bonds is 4.